The van der Waals surface area contributed by atoms with Gasteiger partial charge >= 0.3 is 0 Å². The quantitative estimate of drug-likeness (QED) is 0.319. The number of benzene rings is 3. The van der Waals surface area contributed by atoms with Crippen LogP contribution in [0.15, 0.2) is 89.4 Å². The number of aromatic nitrogens is 3. The Morgan fingerprint density at radius 1 is 0.875 bits per heavy atom. The molecule has 2 heterocycles. The second-order valence-electron chi connectivity index (χ2n) is 7.62. The van der Waals surface area contributed by atoms with Gasteiger partial charge in [-0.3, -0.25) is 9.36 Å². The van der Waals surface area contributed by atoms with Crippen LogP contribution >= 0.6 is 15.9 Å². The Bertz CT molecular complexity index is 1420. The summed E-state index contributed by atoms with van der Waals surface area (Å²) in [7, 11) is 0. The Hall–Kier alpha value is -3.64. The molecule has 0 fully saturated rings. The fourth-order valence-electron chi connectivity index (χ4n) is 4.12. The van der Waals surface area contributed by atoms with E-state index in [0.717, 1.165) is 44.1 Å². The molecule has 5 nitrogen and oxygen atoms in total. The van der Waals surface area contributed by atoms with Crippen molar-refractivity contribution in [3.8, 4) is 16.8 Å². The Morgan fingerprint density at radius 2 is 1.50 bits per heavy atom. The summed E-state index contributed by atoms with van der Waals surface area (Å²) in [5.41, 5.74) is 5.80. The molecule has 0 saturated heterocycles. The third kappa shape index (κ3) is 3.42. The number of anilines is 1. The highest BCUT2D eigenvalue weighted by Crippen LogP contribution is 2.35. The van der Waals surface area contributed by atoms with Gasteiger partial charge in [-0.15, -0.1) is 0 Å². The predicted octanol–water partition coefficient (Wildman–Crippen LogP) is 6.42. The van der Waals surface area contributed by atoms with Gasteiger partial charge in [0, 0.05) is 21.4 Å². The van der Waals surface area contributed by atoms with Gasteiger partial charge in [-0.05, 0) is 55.8 Å². The van der Waals surface area contributed by atoms with E-state index in [4.69, 9.17) is 5.10 Å². The maximum absolute atomic E-state index is 13.7. The standard InChI is InChI=1S/C26H21BrN4O/c1-17-23(19-13-15-20(27)16-14-19)24(25(32)28-21-9-5-3-6-10-21)26-30(18(2)29-31(17)26)22-11-7-4-8-12-22/h3-16H,1-2H3,(H,28,32). The lowest BCUT2D eigenvalue weighted by Gasteiger charge is -2.11. The number of halogens is 1. The van der Waals surface area contributed by atoms with Crippen LogP contribution in [0.4, 0.5) is 5.69 Å². The largest absolute Gasteiger partial charge is 0.322 e. The lowest BCUT2D eigenvalue weighted by atomic mass is 10.0. The number of para-hydroxylation sites is 2. The van der Waals surface area contributed by atoms with Crippen LogP contribution in [0.1, 0.15) is 21.9 Å². The van der Waals surface area contributed by atoms with Gasteiger partial charge in [-0.2, -0.15) is 5.10 Å². The van der Waals surface area contributed by atoms with E-state index >= 15 is 0 Å². The highest BCUT2D eigenvalue weighted by molar-refractivity contribution is 9.10. The Labute approximate surface area is 194 Å². The van der Waals surface area contributed by atoms with E-state index in [-0.39, 0.29) is 5.91 Å². The number of nitrogens with zero attached hydrogens (tertiary/aromatic N) is 3. The molecule has 0 bridgehead atoms. The van der Waals surface area contributed by atoms with Crippen LogP contribution in [0, 0.1) is 13.8 Å². The number of nitrogens with one attached hydrogen (secondary N) is 1. The van der Waals surface area contributed by atoms with Crippen LogP contribution in [-0.4, -0.2) is 20.1 Å². The molecule has 158 valence electrons. The summed E-state index contributed by atoms with van der Waals surface area (Å²) in [4.78, 5) is 13.7. The number of hydrogen-bond acceptors (Lipinski definition) is 2. The molecule has 0 unspecified atom stereocenters. The molecule has 6 heteroatoms. The van der Waals surface area contributed by atoms with Crippen LogP contribution in [0.25, 0.3) is 22.5 Å². The summed E-state index contributed by atoms with van der Waals surface area (Å²) in [5, 5.41) is 7.86. The fourth-order valence-corrected chi connectivity index (χ4v) is 4.39. The number of carbonyl (C=O) groups is 1. The molecule has 3 aromatic carbocycles. The molecule has 0 radical (unpaired) electrons. The molecule has 0 aliphatic rings. The van der Waals surface area contributed by atoms with E-state index in [1.807, 2.05) is 108 Å². The SMILES string of the molecule is Cc1nn2c(C)c(-c3ccc(Br)cc3)c(C(=O)Nc3ccccc3)c2n1-c1ccccc1. The lowest BCUT2D eigenvalue weighted by molar-refractivity contribution is 0.102. The van der Waals surface area contributed by atoms with Crippen molar-refractivity contribution in [2.45, 2.75) is 13.8 Å². The van der Waals surface area contributed by atoms with Crippen LogP contribution < -0.4 is 5.32 Å². The number of carbonyl (C=O) groups excluding carboxylic acids is 1. The molecular formula is C26H21BrN4O. The van der Waals surface area contributed by atoms with Crippen molar-refractivity contribution in [2.75, 3.05) is 5.32 Å². The van der Waals surface area contributed by atoms with Gasteiger partial charge in [0.15, 0.2) is 5.65 Å². The second kappa shape index (κ2) is 8.13. The molecule has 32 heavy (non-hydrogen) atoms. The van der Waals surface area contributed by atoms with E-state index < -0.39 is 0 Å². The van der Waals surface area contributed by atoms with E-state index in [0.29, 0.717) is 5.56 Å². The maximum Gasteiger partial charge on any atom is 0.260 e. The van der Waals surface area contributed by atoms with Crippen LogP contribution in [-0.2, 0) is 0 Å². The minimum absolute atomic E-state index is 0.170. The number of aryl methyl sites for hydroxylation is 2. The minimum Gasteiger partial charge on any atom is -0.322 e. The van der Waals surface area contributed by atoms with Crippen LogP contribution in [0.5, 0.6) is 0 Å². The summed E-state index contributed by atoms with van der Waals surface area (Å²) in [5.74, 6) is 0.641. The van der Waals surface area contributed by atoms with E-state index in [9.17, 15) is 4.79 Å². The third-order valence-corrected chi connectivity index (χ3v) is 6.07. The molecule has 0 spiro atoms. The molecule has 0 aliphatic carbocycles. The van der Waals surface area contributed by atoms with Gasteiger partial charge in [0.25, 0.3) is 5.91 Å². The molecule has 5 aromatic rings. The summed E-state index contributed by atoms with van der Waals surface area (Å²) in [6.07, 6.45) is 0. The first kappa shape index (κ1) is 20.3. The Balaban J connectivity index is 1.80. The highest BCUT2D eigenvalue weighted by Gasteiger charge is 2.28. The molecule has 0 saturated carbocycles. The zero-order chi connectivity index (χ0) is 22.2. The summed E-state index contributed by atoms with van der Waals surface area (Å²) in [6, 6.07) is 27.5. The smallest absolute Gasteiger partial charge is 0.260 e. The van der Waals surface area contributed by atoms with Gasteiger partial charge in [-0.25, -0.2) is 4.52 Å². The summed E-state index contributed by atoms with van der Waals surface area (Å²) in [6.45, 7) is 3.96. The van der Waals surface area contributed by atoms with Crippen molar-refractivity contribution in [1.82, 2.24) is 14.2 Å². The minimum atomic E-state index is -0.170. The van der Waals surface area contributed by atoms with E-state index in [2.05, 4.69) is 21.2 Å². The molecule has 0 aliphatic heterocycles. The molecule has 1 amide bonds. The predicted molar refractivity (Wildman–Crippen MR) is 132 cm³/mol. The fraction of sp³-hybridized carbons (Fsp3) is 0.0769. The summed E-state index contributed by atoms with van der Waals surface area (Å²) >= 11 is 3.51. The second-order valence-corrected chi connectivity index (χ2v) is 8.53. The van der Waals surface area contributed by atoms with E-state index in [1.54, 1.807) is 0 Å². The van der Waals surface area contributed by atoms with Crippen molar-refractivity contribution in [2.24, 2.45) is 0 Å². The van der Waals surface area contributed by atoms with Crippen molar-refractivity contribution in [3.05, 3.63) is 106 Å². The third-order valence-electron chi connectivity index (χ3n) is 5.54. The zero-order valence-electron chi connectivity index (χ0n) is 17.7. The van der Waals surface area contributed by atoms with Crippen LogP contribution in [0.3, 0.4) is 0 Å². The van der Waals surface area contributed by atoms with Gasteiger partial charge < -0.3 is 5.32 Å². The number of amides is 1. The summed E-state index contributed by atoms with van der Waals surface area (Å²) < 4.78 is 4.90. The first-order chi connectivity index (χ1) is 15.5. The molecule has 5 rings (SSSR count). The molecule has 0 atom stereocenters. The average molecular weight is 485 g/mol. The topological polar surface area (TPSA) is 51.3 Å². The van der Waals surface area contributed by atoms with Gasteiger partial charge in [0.1, 0.15) is 5.82 Å². The Morgan fingerprint density at radius 3 is 2.16 bits per heavy atom. The number of rotatable bonds is 4. The monoisotopic (exact) mass is 484 g/mol. The number of fused-ring (bicyclic) bond motifs is 1. The molecule has 2 aromatic heterocycles. The van der Waals surface area contributed by atoms with Crippen molar-refractivity contribution in [3.63, 3.8) is 0 Å². The van der Waals surface area contributed by atoms with Crippen LogP contribution in [0.2, 0.25) is 0 Å². The van der Waals surface area contributed by atoms with E-state index in [1.165, 1.54) is 0 Å². The van der Waals surface area contributed by atoms with Gasteiger partial charge in [0.2, 0.25) is 0 Å². The lowest BCUT2D eigenvalue weighted by Crippen LogP contribution is -2.14. The van der Waals surface area contributed by atoms with Crippen molar-refractivity contribution >= 4 is 33.2 Å². The zero-order valence-corrected chi connectivity index (χ0v) is 19.3. The van der Waals surface area contributed by atoms with Gasteiger partial charge in [0.05, 0.1) is 11.3 Å². The molecule has 1 N–H and O–H groups in total. The number of hydrogen-bond donors (Lipinski definition) is 1. The average Bonchev–Trinajstić information content (AvgIpc) is 3.28. The normalized spacial score (nSPS) is 11.1. The maximum atomic E-state index is 13.7. The first-order valence-corrected chi connectivity index (χ1v) is 11.1. The highest BCUT2D eigenvalue weighted by atomic mass is 79.9. The van der Waals surface area contributed by atoms with Crippen molar-refractivity contribution in [1.29, 1.82) is 0 Å². The van der Waals surface area contributed by atoms with Gasteiger partial charge in [-0.1, -0.05) is 64.5 Å². The van der Waals surface area contributed by atoms with Crippen molar-refractivity contribution < 1.29 is 4.79 Å². The Kier molecular flexibility index (Phi) is 5.15. The first-order valence-electron chi connectivity index (χ1n) is 10.3. The molecular weight excluding hydrogens is 464 g/mol.